The van der Waals surface area contributed by atoms with Crippen LogP contribution in [0.5, 0.6) is 5.75 Å². The van der Waals surface area contributed by atoms with E-state index in [4.69, 9.17) is 4.74 Å². The molecule has 1 aromatic rings. The molecule has 0 N–H and O–H groups in total. The Balaban J connectivity index is 1.74. The second-order valence-electron chi connectivity index (χ2n) is 7.76. The molecule has 4 nitrogen and oxygen atoms in total. The second-order valence-corrected chi connectivity index (χ2v) is 7.76. The number of ether oxygens (including phenoxy) is 1. The first kappa shape index (κ1) is 19.2. The average molecular weight is 362 g/mol. The number of hydrogen-bond acceptors (Lipinski definition) is 3. The molecule has 1 aromatic carbocycles. The van der Waals surface area contributed by atoms with Gasteiger partial charge in [0.1, 0.15) is 11.6 Å². The van der Waals surface area contributed by atoms with E-state index in [1.165, 1.54) is 6.07 Å². The van der Waals surface area contributed by atoms with Crippen LogP contribution in [0.1, 0.15) is 51.5 Å². The molecule has 0 aromatic heterocycles. The van der Waals surface area contributed by atoms with Gasteiger partial charge in [0.25, 0.3) is 0 Å². The third kappa shape index (κ3) is 3.59. The van der Waals surface area contributed by atoms with Gasteiger partial charge in [0.05, 0.1) is 12.5 Å². The Morgan fingerprint density at radius 3 is 2.69 bits per heavy atom. The van der Waals surface area contributed by atoms with Crippen molar-refractivity contribution in [3.8, 4) is 5.75 Å². The summed E-state index contributed by atoms with van der Waals surface area (Å²) in [6.07, 6.45) is 5.13. The largest absolute Gasteiger partial charge is 0.497 e. The number of benzene rings is 1. The van der Waals surface area contributed by atoms with Crippen LogP contribution in [-0.2, 0) is 11.3 Å². The van der Waals surface area contributed by atoms with Crippen LogP contribution < -0.4 is 4.74 Å². The van der Waals surface area contributed by atoms with Crippen molar-refractivity contribution in [1.82, 2.24) is 9.80 Å². The molecule has 144 valence electrons. The standard InChI is InChI=1S/C21H31FN2O2/c1-4-17(5-2)24-12-10-21(15-24)9-6-11-23(20(21)25)14-16-13-18(26-3)7-8-19(16)22/h7-8,13,17H,4-6,9-12,14-15H2,1-3H3. The van der Waals surface area contributed by atoms with E-state index in [0.717, 1.165) is 45.2 Å². The Morgan fingerprint density at radius 2 is 2.00 bits per heavy atom. The molecule has 5 heteroatoms. The summed E-state index contributed by atoms with van der Waals surface area (Å²) in [5.41, 5.74) is 0.264. The number of hydrogen-bond donors (Lipinski definition) is 0. The van der Waals surface area contributed by atoms with Gasteiger partial charge in [0.15, 0.2) is 0 Å². The molecule has 0 saturated carbocycles. The molecule has 1 atom stereocenters. The van der Waals surface area contributed by atoms with Gasteiger partial charge in [-0.1, -0.05) is 13.8 Å². The topological polar surface area (TPSA) is 32.8 Å². The number of methoxy groups -OCH3 is 1. The first-order chi connectivity index (χ1) is 12.5. The van der Waals surface area contributed by atoms with Crippen molar-refractivity contribution in [3.05, 3.63) is 29.6 Å². The molecule has 0 radical (unpaired) electrons. The summed E-state index contributed by atoms with van der Waals surface area (Å²) in [4.78, 5) is 17.7. The van der Waals surface area contributed by atoms with Crippen molar-refractivity contribution < 1.29 is 13.9 Å². The average Bonchev–Trinajstić information content (AvgIpc) is 3.07. The molecule has 2 aliphatic rings. The number of carbonyl (C=O) groups is 1. The van der Waals surface area contributed by atoms with Crippen LogP contribution in [-0.4, -0.2) is 48.5 Å². The zero-order chi connectivity index (χ0) is 18.7. The third-order valence-corrected chi connectivity index (χ3v) is 6.28. The Bertz CT molecular complexity index is 647. The van der Waals surface area contributed by atoms with Crippen LogP contribution in [0, 0.1) is 11.2 Å². The van der Waals surface area contributed by atoms with Crippen LogP contribution in [0.3, 0.4) is 0 Å². The molecule has 26 heavy (non-hydrogen) atoms. The number of likely N-dealkylation sites (tertiary alicyclic amines) is 2. The predicted octanol–water partition coefficient (Wildman–Crippen LogP) is 3.84. The maximum atomic E-state index is 14.2. The Kier molecular flexibility index (Phi) is 5.86. The number of amides is 1. The van der Waals surface area contributed by atoms with E-state index in [9.17, 15) is 9.18 Å². The van der Waals surface area contributed by atoms with Crippen molar-refractivity contribution in [1.29, 1.82) is 0 Å². The number of halogens is 1. The first-order valence-corrected chi connectivity index (χ1v) is 9.89. The van der Waals surface area contributed by atoms with E-state index in [1.54, 1.807) is 19.2 Å². The Hall–Kier alpha value is -1.62. The molecule has 2 saturated heterocycles. The fourth-order valence-corrected chi connectivity index (χ4v) is 4.71. The second kappa shape index (κ2) is 7.95. The minimum Gasteiger partial charge on any atom is -0.497 e. The highest BCUT2D eigenvalue weighted by atomic mass is 19.1. The fraction of sp³-hybridized carbons (Fsp3) is 0.667. The van der Waals surface area contributed by atoms with Crippen molar-refractivity contribution in [2.24, 2.45) is 5.41 Å². The third-order valence-electron chi connectivity index (χ3n) is 6.28. The zero-order valence-corrected chi connectivity index (χ0v) is 16.3. The van der Waals surface area contributed by atoms with E-state index in [2.05, 4.69) is 18.7 Å². The lowest BCUT2D eigenvalue weighted by atomic mass is 9.78. The van der Waals surface area contributed by atoms with Crippen LogP contribution in [0.4, 0.5) is 4.39 Å². The van der Waals surface area contributed by atoms with Gasteiger partial charge >= 0.3 is 0 Å². The normalized spacial score (nSPS) is 24.0. The van der Waals surface area contributed by atoms with Gasteiger partial charge in [-0.2, -0.15) is 0 Å². The van der Waals surface area contributed by atoms with Crippen LogP contribution in [0.15, 0.2) is 18.2 Å². The number of rotatable bonds is 6. The van der Waals surface area contributed by atoms with Gasteiger partial charge in [-0.25, -0.2) is 4.39 Å². The summed E-state index contributed by atoms with van der Waals surface area (Å²) in [5, 5.41) is 0. The zero-order valence-electron chi connectivity index (χ0n) is 16.3. The van der Waals surface area contributed by atoms with Crippen molar-refractivity contribution >= 4 is 5.91 Å². The van der Waals surface area contributed by atoms with Crippen molar-refractivity contribution in [2.45, 2.75) is 58.5 Å². The minimum atomic E-state index is -0.275. The maximum Gasteiger partial charge on any atom is 0.230 e. The van der Waals surface area contributed by atoms with Gasteiger partial charge < -0.3 is 9.64 Å². The first-order valence-electron chi connectivity index (χ1n) is 9.89. The molecule has 3 rings (SSSR count). The van der Waals surface area contributed by atoms with E-state index in [1.807, 2.05) is 4.90 Å². The summed E-state index contributed by atoms with van der Waals surface area (Å²) < 4.78 is 19.4. The summed E-state index contributed by atoms with van der Waals surface area (Å²) in [6, 6.07) is 5.30. The lowest BCUT2D eigenvalue weighted by molar-refractivity contribution is -0.146. The Morgan fingerprint density at radius 1 is 1.23 bits per heavy atom. The fourth-order valence-electron chi connectivity index (χ4n) is 4.71. The highest BCUT2D eigenvalue weighted by Gasteiger charge is 2.49. The monoisotopic (exact) mass is 362 g/mol. The molecular weight excluding hydrogens is 331 g/mol. The lowest BCUT2D eigenvalue weighted by Gasteiger charge is -2.40. The minimum absolute atomic E-state index is 0.208. The number of nitrogens with zero attached hydrogens (tertiary/aromatic N) is 2. The van der Waals surface area contributed by atoms with E-state index >= 15 is 0 Å². The van der Waals surface area contributed by atoms with Crippen molar-refractivity contribution in [2.75, 3.05) is 26.7 Å². The number of carbonyl (C=O) groups excluding carboxylic acids is 1. The molecule has 0 aliphatic carbocycles. The van der Waals surface area contributed by atoms with Gasteiger partial charge in [-0.3, -0.25) is 9.69 Å². The molecule has 2 heterocycles. The van der Waals surface area contributed by atoms with Crippen LogP contribution in [0.2, 0.25) is 0 Å². The van der Waals surface area contributed by atoms with Crippen molar-refractivity contribution in [3.63, 3.8) is 0 Å². The molecule has 1 unspecified atom stereocenters. The molecule has 2 fully saturated rings. The maximum absolute atomic E-state index is 14.2. The predicted molar refractivity (Wildman–Crippen MR) is 101 cm³/mol. The van der Waals surface area contributed by atoms with Crippen LogP contribution in [0.25, 0.3) is 0 Å². The quantitative estimate of drug-likeness (QED) is 0.771. The molecule has 1 spiro atoms. The van der Waals surface area contributed by atoms with E-state index in [0.29, 0.717) is 30.4 Å². The molecule has 0 bridgehead atoms. The van der Waals surface area contributed by atoms with Gasteiger partial charge in [0.2, 0.25) is 5.91 Å². The summed E-state index contributed by atoms with van der Waals surface area (Å²) >= 11 is 0. The molecular formula is C21H31FN2O2. The summed E-state index contributed by atoms with van der Waals surface area (Å²) in [7, 11) is 1.57. The van der Waals surface area contributed by atoms with E-state index in [-0.39, 0.29) is 17.1 Å². The van der Waals surface area contributed by atoms with Gasteiger partial charge in [-0.05, 0) is 56.8 Å². The highest BCUT2D eigenvalue weighted by Crippen LogP contribution is 2.41. The van der Waals surface area contributed by atoms with Gasteiger partial charge in [-0.15, -0.1) is 0 Å². The number of piperidine rings is 1. The molecule has 1 amide bonds. The highest BCUT2D eigenvalue weighted by molar-refractivity contribution is 5.84. The smallest absolute Gasteiger partial charge is 0.230 e. The Labute approximate surface area is 156 Å². The summed E-state index contributed by atoms with van der Waals surface area (Å²) in [5.74, 6) is 0.559. The summed E-state index contributed by atoms with van der Waals surface area (Å²) in [6.45, 7) is 7.34. The van der Waals surface area contributed by atoms with Crippen LogP contribution >= 0.6 is 0 Å². The van der Waals surface area contributed by atoms with Gasteiger partial charge in [0, 0.05) is 31.2 Å². The SMILES string of the molecule is CCC(CC)N1CCC2(CCCN(Cc3cc(OC)ccc3F)C2=O)C1. The molecule has 2 aliphatic heterocycles. The van der Waals surface area contributed by atoms with E-state index < -0.39 is 0 Å². The lowest BCUT2D eigenvalue weighted by Crippen LogP contribution is -2.50.